The number of carbonyl (C=O) groups is 1. The molecule has 32 heavy (non-hydrogen) atoms. The lowest BCUT2D eigenvalue weighted by atomic mass is 9.98. The van der Waals surface area contributed by atoms with Crippen molar-refractivity contribution in [2.45, 2.75) is 45.1 Å². The summed E-state index contributed by atoms with van der Waals surface area (Å²) < 4.78 is 5.70. The molecule has 2 aromatic heterocycles. The first-order valence-corrected chi connectivity index (χ1v) is 11.4. The predicted octanol–water partition coefficient (Wildman–Crippen LogP) is 3.06. The first-order valence-electron chi connectivity index (χ1n) is 11.4. The Bertz CT molecular complexity index is 1190. The van der Waals surface area contributed by atoms with E-state index in [0.29, 0.717) is 23.9 Å². The third-order valence-electron chi connectivity index (χ3n) is 6.49. The van der Waals surface area contributed by atoms with Crippen LogP contribution in [0.5, 0.6) is 5.88 Å². The minimum atomic E-state index is -0.102. The molecule has 4 N–H and O–H groups in total. The number of anilines is 2. The normalized spacial score (nSPS) is 17.9. The van der Waals surface area contributed by atoms with Crippen molar-refractivity contribution >= 4 is 28.1 Å². The summed E-state index contributed by atoms with van der Waals surface area (Å²) in [6.07, 6.45) is 5.72. The number of nitrogen functional groups attached to an aromatic ring is 1. The van der Waals surface area contributed by atoms with Gasteiger partial charge in [-0.2, -0.15) is 0 Å². The van der Waals surface area contributed by atoms with Crippen molar-refractivity contribution in [3.63, 3.8) is 0 Å². The van der Waals surface area contributed by atoms with Crippen molar-refractivity contribution in [2.75, 3.05) is 30.3 Å². The number of fused-ring (bicyclic) bond motifs is 2. The zero-order valence-electron chi connectivity index (χ0n) is 18.4. The molecular formula is C25H29N5O2. The maximum Gasteiger partial charge on any atom is 0.218 e. The third kappa shape index (κ3) is 3.77. The molecule has 0 bridgehead atoms. The van der Waals surface area contributed by atoms with E-state index in [1.807, 2.05) is 18.2 Å². The monoisotopic (exact) mass is 431 g/mol. The number of carbonyl (C=O) groups excluding carboxylic acids is 1. The Hall–Kier alpha value is -3.19. The van der Waals surface area contributed by atoms with Gasteiger partial charge in [0.2, 0.25) is 5.88 Å². The lowest BCUT2D eigenvalue weighted by Crippen LogP contribution is -2.43. The van der Waals surface area contributed by atoms with Gasteiger partial charge in [-0.15, -0.1) is 0 Å². The number of ether oxygens (including phenoxy) is 1. The Labute approximate surface area is 187 Å². The Balaban J connectivity index is 1.51. The smallest absolute Gasteiger partial charge is 0.218 e. The van der Waals surface area contributed by atoms with Crippen LogP contribution in [0, 0.1) is 0 Å². The van der Waals surface area contributed by atoms with Crippen LogP contribution in [0.1, 0.15) is 46.9 Å². The molecule has 0 radical (unpaired) electrons. The third-order valence-corrected chi connectivity index (χ3v) is 6.49. The van der Waals surface area contributed by atoms with Gasteiger partial charge in [0.1, 0.15) is 5.69 Å². The molecule has 5 rings (SSSR count). The molecule has 0 unspecified atom stereocenters. The Morgan fingerprint density at radius 2 is 2.19 bits per heavy atom. The molecule has 7 heteroatoms. The Morgan fingerprint density at radius 3 is 3.00 bits per heavy atom. The molecule has 166 valence electrons. The molecule has 7 nitrogen and oxygen atoms in total. The number of hydrogen-bond acceptors (Lipinski definition) is 7. The summed E-state index contributed by atoms with van der Waals surface area (Å²) in [6, 6.07) is 8.07. The van der Waals surface area contributed by atoms with E-state index in [0.717, 1.165) is 66.5 Å². The molecule has 2 aliphatic heterocycles. The number of nitrogens with two attached hydrogens (primary N) is 2. The van der Waals surface area contributed by atoms with Crippen LogP contribution in [0.2, 0.25) is 0 Å². The van der Waals surface area contributed by atoms with Crippen molar-refractivity contribution in [2.24, 2.45) is 5.73 Å². The van der Waals surface area contributed by atoms with E-state index in [-0.39, 0.29) is 18.2 Å². The maximum atomic E-state index is 13.4. The summed E-state index contributed by atoms with van der Waals surface area (Å²) in [6.45, 7) is 4.41. The van der Waals surface area contributed by atoms with Gasteiger partial charge in [0.25, 0.3) is 0 Å². The summed E-state index contributed by atoms with van der Waals surface area (Å²) in [5.74, 6) is 0.570. The summed E-state index contributed by atoms with van der Waals surface area (Å²) in [5.41, 5.74) is 18.3. The zero-order valence-corrected chi connectivity index (χ0v) is 18.4. The summed E-state index contributed by atoms with van der Waals surface area (Å²) in [7, 11) is 0. The van der Waals surface area contributed by atoms with E-state index in [4.69, 9.17) is 16.2 Å². The highest BCUT2D eigenvalue weighted by Gasteiger charge is 2.28. The second-order valence-corrected chi connectivity index (χ2v) is 8.77. The quantitative estimate of drug-likeness (QED) is 0.598. The van der Waals surface area contributed by atoms with Crippen LogP contribution in [0.25, 0.3) is 10.9 Å². The van der Waals surface area contributed by atoms with Gasteiger partial charge in [0, 0.05) is 54.7 Å². The zero-order chi connectivity index (χ0) is 22.2. The average molecular weight is 432 g/mol. The number of piperidine rings is 1. The molecule has 1 fully saturated rings. The number of benzene rings is 1. The SMILES string of the molecule is CCc1ccc2cc(N)c(C(=O)Cc3cnc4c(c3N3CCC[C@H](N)C3)CCO4)nc2c1. The minimum Gasteiger partial charge on any atom is -0.477 e. The Kier molecular flexibility index (Phi) is 5.43. The van der Waals surface area contributed by atoms with Crippen molar-refractivity contribution in [1.29, 1.82) is 0 Å². The second kappa shape index (κ2) is 8.39. The van der Waals surface area contributed by atoms with Crippen molar-refractivity contribution in [1.82, 2.24) is 9.97 Å². The van der Waals surface area contributed by atoms with Crippen molar-refractivity contribution in [3.8, 4) is 5.88 Å². The molecule has 1 aromatic carbocycles. The van der Waals surface area contributed by atoms with E-state index in [1.165, 1.54) is 5.56 Å². The van der Waals surface area contributed by atoms with Crippen LogP contribution in [-0.2, 0) is 19.3 Å². The number of Topliss-reactive ketones (excluding diaryl/α,β-unsaturated/α-hetero) is 1. The number of hydrogen-bond donors (Lipinski definition) is 2. The van der Waals surface area contributed by atoms with Crippen molar-refractivity contribution in [3.05, 3.63) is 52.8 Å². The van der Waals surface area contributed by atoms with Gasteiger partial charge in [-0.3, -0.25) is 4.79 Å². The van der Waals surface area contributed by atoms with Crippen LogP contribution in [-0.4, -0.2) is 41.5 Å². The molecule has 3 aromatic rings. The highest BCUT2D eigenvalue weighted by atomic mass is 16.5. The molecule has 0 spiro atoms. The predicted molar refractivity (Wildman–Crippen MR) is 126 cm³/mol. The van der Waals surface area contributed by atoms with Gasteiger partial charge >= 0.3 is 0 Å². The standard InChI is InChI=1S/C25H29N5O2/c1-2-15-5-6-16-11-20(27)23(29-21(16)10-15)22(31)12-17-13-28-25-19(7-9-32-25)24(17)30-8-3-4-18(26)14-30/h5-6,10-11,13,18H,2-4,7-9,12,14,26-27H2,1H3/t18-/m0/s1. The molecule has 2 aliphatic rings. The van der Waals surface area contributed by atoms with Gasteiger partial charge in [-0.1, -0.05) is 19.1 Å². The van der Waals surface area contributed by atoms with E-state index in [2.05, 4.69) is 27.9 Å². The Morgan fingerprint density at radius 1 is 1.31 bits per heavy atom. The van der Waals surface area contributed by atoms with Crippen LogP contribution in [0.4, 0.5) is 11.4 Å². The number of rotatable bonds is 5. The van der Waals surface area contributed by atoms with Crippen LogP contribution < -0.4 is 21.1 Å². The van der Waals surface area contributed by atoms with Crippen LogP contribution in [0.15, 0.2) is 30.5 Å². The van der Waals surface area contributed by atoms with E-state index in [1.54, 1.807) is 6.20 Å². The summed E-state index contributed by atoms with van der Waals surface area (Å²) >= 11 is 0. The summed E-state index contributed by atoms with van der Waals surface area (Å²) in [4.78, 5) is 24.8. The number of aromatic nitrogens is 2. The molecule has 0 amide bonds. The maximum absolute atomic E-state index is 13.4. The fourth-order valence-electron chi connectivity index (χ4n) is 4.84. The first kappa shape index (κ1) is 20.7. The number of ketones is 1. The minimum absolute atomic E-state index is 0.102. The number of aryl methyl sites for hydroxylation is 1. The molecule has 4 heterocycles. The van der Waals surface area contributed by atoms with Gasteiger partial charge in [-0.25, -0.2) is 9.97 Å². The average Bonchev–Trinajstić information content (AvgIpc) is 3.27. The van der Waals surface area contributed by atoms with Crippen molar-refractivity contribution < 1.29 is 9.53 Å². The van der Waals surface area contributed by atoms with Gasteiger partial charge in [0.05, 0.1) is 23.5 Å². The first-order chi connectivity index (χ1) is 15.5. The highest BCUT2D eigenvalue weighted by molar-refractivity contribution is 6.03. The number of nitrogens with zero attached hydrogens (tertiary/aromatic N) is 3. The molecule has 1 atom stereocenters. The fourth-order valence-corrected chi connectivity index (χ4v) is 4.84. The fraction of sp³-hybridized carbons (Fsp3) is 0.400. The van der Waals surface area contributed by atoms with Gasteiger partial charge in [-0.05, 0) is 37.0 Å². The summed E-state index contributed by atoms with van der Waals surface area (Å²) in [5, 5.41) is 0.940. The topological polar surface area (TPSA) is 107 Å². The molecule has 0 saturated carbocycles. The largest absolute Gasteiger partial charge is 0.477 e. The van der Waals surface area contributed by atoms with Gasteiger partial charge in [0.15, 0.2) is 5.78 Å². The number of pyridine rings is 2. The van der Waals surface area contributed by atoms with E-state index < -0.39 is 0 Å². The van der Waals surface area contributed by atoms with E-state index >= 15 is 0 Å². The molecule has 0 aliphatic carbocycles. The lowest BCUT2D eigenvalue weighted by molar-refractivity contribution is 0.0989. The molecule has 1 saturated heterocycles. The lowest BCUT2D eigenvalue weighted by Gasteiger charge is -2.35. The van der Waals surface area contributed by atoms with Crippen LogP contribution >= 0.6 is 0 Å². The van der Waals surface area contributed by atoms with Gasteiger partial charge < -0.3 is 21.1 Å². The second-order valence-electron chi connectivity index (χ2n) is 8.77. The highest BCUT2D eigenvalue weighted by Crippen LogP contribution is 2.37. The van der Waals surface area contributed by atoms with E-state index in [9.17, 15) is 4.79 Å². The van der Waals surface area contributed by atoms with Crippen LogP contribution in [0.3, 0.4) is 0 Å². The molecular weight excluding hydrogens is 402 g/mol.